The molecular weight excluding hydrogens is 622 g/mol. The van der Waals surface area contributed by atoms with E-state index in [1.54, 1.807) is 0 Å². The summed E-state index contributed by atoms with van der Waals surface area (Å²) in [4.78, 5) is 27.9. The summed E-state index contributed by atoms with van der Waals surface area (Å²) in [5.74, 6) is -0.542. The summed E-state index contributed by atoms with van der Waals surface area (Å²) in [7, 11) is 0. The molecule has 0 radical (unpaired) electrons. The van der Waals surface area contributed by atoms with E-state index in [0.29, 0.717) is 23.2 Å². The van der Waals surface area contributed by atoms with Crippen molar-refractivity contribution in [3.8, 4) is 0 Å². The molecule has 3 saturated heterocycles. The van der Waals surface area contributed by atoms with Gasteiger partial charge in [-0.15, -0.1) is 0 Å². The molecule has 0 aromatic heterocycles. The van der Waals surface area contributed by atoms with Gasteiger partial charge < -0.3 is 18.7 Å². The number of piperidine rings is 1. The highest BCUT2D eigenvalue weighted by molar-refractivity contribution is 5.88. The predicted molar refractivity (Wildman–Crippen MR) is 201 cm³/mol. The number of nitrogens with zero attached hydrogens (tertiary/aromatic N) is 1. The highest BCUT2D eigenvalue weighted by atomic mass is 16.7. The Balaban J connectivity index is 1.10. The maximum absolute atomic E-state index is 14.5. The lowest BCUT2D eigenvalue weighted by Crippen LogP contribution is -2.60. The number of allylic oxidation sites excluding steroid dienone is 4. The zero-order valence-electron chi connectivity index (χ0n) is 30.7. The SMILES string of the molecule is CCCCC/C=C\C/C=C\CCCCCCCCOC(=O)OC(C(=O)OC1CC2CCC(C1)[N+]21CCCC1)(c1ccccc1)c1ccccc1. The molecule has 3 aliphatic rings. The molecule has 2 aromatic rings. The molecular formula is C44H62NO5+. The van der Waals surface area contributed by atoms with Crippen LogP contribution in [0, 0.1) is 0 Å². The van der Waals surface area contributed by atoms with E-state index < -0.39 is 17.7 Å². The van der Waals surface area contributed by atoms with Gasteiger partial charge >= 0.3 is 12.1 Å². The maximum Gasteiger partial charge on any atom is 0.510 e. The molecule has 3 heterocycles. The van der Waals surface area contributed by atoms with Gasteiger partial charge in [0.25, 0.3) is 5.60 Å². The molecule has 6 nitrogen and oxygen atoms in total. The van der Waals surface area contributed by atoms with Gasteiger partial charge in [0.2, 0.25) is 0 Å². The maximum atomic E-state index is 14.5. The topological polar surface area (TPSA) is 61.8 Å². The van der Waals surface area contributed by atoms with Gasteiger partial charge in [-0.3, -0.25) is 0 Å². The van der Waals surface area contributed by atoms with Crippen LogP contribution in [0.15, 0.2) is 85.0 Å². The van der Waals surface area contributed by atoms with Crippen LogP contribution in [-0.4, -0.2) is 54.5 Å². The smallest absolute Gasteiger partial charge is 0.458 e. The first-order valence-corrected chi connectivity index (χ1v) is 19.9. The van der Waals surface area contributed by atoms with Gasteiger partial charge in [0.1, 0.15) is 6.10 Å². The molecule has 3 aliphatic heterocycles. The Labute approximate surface area is 301 Å². The summed E-state index contributed by atoms with van der Waals surface area (Å²) < 4.78 is 19.4. The van der Waals surface area contributed by atoms with Crippen molar-refractivity contribution in [3.05, 3.63) is 96.1 Å². The standard InChI is InChI=1S/C44H62NO5/c1-2-3-4-5-6-7-8-9-10-11-12-13-14-15-16-25-34-48-43(47)50-44(37-26-19-17-20-27-37,38-28-21-18-22-29-38)42(46)49-41-35-39-30-31-40(36-41)45(39)32-23-24-33-45/h6-7,9-10,17-22,26-29,39-41H,2-5,8,11-16,23-25,30-36H2,1H3/q+1/b7-6-,10-9-. The third-order valence-electron chi connectivity index (χ3n) is 11.5. The van der Waals surface area contributed by atoms with Crippen molar-refractivity contribution in [2.24, 2.45) is 0 Å². The molecule has 2 unspecified atom stereocenters. The zero-order valence-corrected chi connectivity index (χ0v) is 30.7. The minimum Gasteiger partial charge on any atom is -0.458 e. The second-order valence-corrected chi connectivity index (χ2v) is 14.8. The van der Waals surface area contributed by atoms with Crippen LogP contribution in [0.3, 0.4) is 0 Å². The van der Waals surface area contributed by atoms with Crippen molar-refractivity contribution in [2.45, 2.75) is 146 Å². The first kappa shape index (κ1) is 37.9. The summed E-state index contributed by atoms with van der Waals surface area (Å²) in [5, 5.41) is 0. The number of unbranched alkanes of at least 4 members (excludes halogenated alkanes) is 9. The predicted octanol–water partition coefficient (Wildman–Crippen LogP) is 10.7. The van der Waals surface area contributed by atoms with Crippen LogP contribution in [0.4, 0.5) is 4.79 Å². The van der Waals surface area contributed by atoms with Gasteiger partial charge in [-0.2, -0.15) is 0 Å². The van der Waals surface area contributed by atoms with Gasteiger partial charge in [0.05, 0.1) is 31.8 Å². The number of carbonyl (C=O) groups is 2. The quantitative estimate of drug-likeness (QED) is 0.0601. The van der Waals surface area contributed by atoms with Crippen molar-refractivity contribution in [3.63, 3.8) is 0 Å². The fourth-order valence-corrected chi connectivity index (χ4v) is 8.85. The molecule has 0 saturated carbocycles. The van der Waals surface area contributed by atoms with Gasteiger partial charge in [-0.1, -0.05) is 130 Å². The highest BCUT2D eigenvalue weighted by Crippen LogP contribution is 2.47. The molecule has 2 bridgehead atoms. The van der Waals surface area contributed by atoms with E-state index >= 15 is 0 Å². The Kier molecular flexibility index (Phi) is 15.0. The number of hydrogen-bond acceptors (Lipinski definition) is 5. The molecule has 6 heteroatoms. The van der Waals surface area contributed by atoms with E-state index in [2.05, 4.69) is 31.2 Å². The molecule has 50 heavy (non-hydrogen) atoms. The minimum absolute atomic E-state index is 0.186. The second kappa shape index (κ2) is 19.9. The summed E-state index contributed by atoms with van der Waals surface area (Å²) in [6.07, 6.45) is 28.6. The van der Waals surface area contributed by atoms with Crippen LogP contribution in [0.5, 0.6) is 0 Å². The molecule has 0 aliphatic carbocycles. The Bertz CT molecular complexity index is 1290. The molecule has 0 N–H and O–H groups in total. The van der Waals surface area contributed by atoms with E-state index in [-0.39, 0.29) is 12.7 Å². The number of carbonyl (C=O) groups excluding carboxylic acids is 2. The van der Waals surface area contributed by atoms with Gasteiger partial charge in [-0.05, 0) is 38.5 Å². The van der Waals surface area contributed by atoms with Gasteiger partial charge in [0.15, 0.2) is 0 Å². The molecule has 272 valence electrons. The highest BCUT2D eigenvalue weighted by Gasteiger charge is 2.57. The van der Waals surface area contributed by atoms with Crippen LogP contribution in [0.2, 0.25) is 0 Å². The van der Waals surface area contributed by atoms with Crippen molar-refractivity contribution in [1.29, 1.82) is 0 Å². The van der Waals surface area contributed by atoms with E-state index in [4.69, 9.17) is 14.2 Å². The summed E-state index contributed by atoms with van der Waals surface area (Å²) in [6, 6.07) is 19.7. The average molecular weight is 685 g/mol. The fourth-order valence-electron chi connectivity index (χ4n) is 8.85. The summed E-state index contributed by atoms with van der Waals surface area (Å²) >= 11 is 0. The Morgan fingerprint density at radius 1 is 0.720 bits per heavy atom. The average Bonchev–Trinajstić information content (AvgIpc) is 3.69. The third-order valence-corrected chi connectivity index (χ3v) is 11.5. The second-order valence-electron chi connectivity index (χ2n) is 14.8. The van der Waals surface area contributed by atoms with E-state index in [1.165, 1.54) is 88.2 Å². The Morgan fingerprint density at radius 2 is 1.26 bits per heavy atom. The van der Waals surface area contributed by atoms with E-state index in [1.807, 2.05) is 60.7 Å². The molecule has 2 aromatic carbocycles. The lowest BCUT2D eigenvalue weighted by Gasteiger charge is -2.47. The number of benzene rings is 2. The number of esters is 1. The molecule has 0 amide bonds. The van der Waals surface area contributed by atoms with E-state index in [0.717, 1.165) is 44.9 Å². The van der Waals surface area contributed by atoms with Crippen LogP contribution in [-0.2, 0) is 24.6 Å². The lowest BCUT2D eigenvalue weighted by atomic mass is 9.85. The van der Waals surface area contributed by atoms with Crippen LogP contribution >= 0.6 is 0 Å². The molecule has 1 spiro atoms. The first-order valence-electron chi connectivity index (χ1n) is 19.9. The Hall–Kier alpha value is -3.38. The van der Waals surface area contributed by atoms with Crippen LogP contribution in [0.1, 0.15) is 134 Å². The minimum atomic E-state index is -1.75. The van der Waals surface area contributed by atoms with Gasteiger partial charge in [0, 0.05) is 49.7 Å². The van der Waals surface area contributed by atoms with Gasteiger partial charge in [-0.25, -0.2) is 9.59 Å². The summed E-state index contributed by atoms with van der Waals surface area (Å²) in [6.45, 7) is 5.03. The first-order chi connectivity index (χ1) is 24.6. The lowest BCUT2D eigenvalue weighted by molar-refractivity contribution is -0.956. The third kappa shape index (κ3) is 9.90. The van der Waals surface area contributed by atoms with Crippen molar-refractivity contribution in [2.75, 3.05) is 19.7 Å². The number of hydrogen-bond donors (Lipinski definition) is 0. The van der Waals surface area contributed by atoms with Crippen molar-refractivity contribution in [1.82, 2.24) is 0 Å². The van der Waals surface area contributed by atoms with E-state index in [9.17, 15) is 9.59 Å². The summed E-state index contributed by atoms with van der Waals surface area (Å²) in [5.41, 5.74) is -0.637. The molecule has 3 fully saturated rings. The number of quaternary nitrogens is 1. The van der Waals surface area contributed by atoms with Crippen molar-refractivity contribution >= 4 is 12.1 Å². The number of rotatable bonds is 20. The Morgan fingerprint density at radius 3 is 1.84 bits per heavy atom. The zero-order chi connectivity index (χ0) is 34.9. The fraction of sp³-hybridized carbons (Fsp3) is 0.591. The van der Waals surface area contributed by atoms with Crippen LogP contribution in [0.25, 0.3) is 0 Å². The number of ether oxygens (including phenoxy) is 3. The largest absolute Gasteiger partial charge is 0.510 e. The normalized spacial score (nSPS) is 21.3. The monoisotopic (exact) mass is 684 g/mol. The van der Waals surface area contributed by atoms with Crippen molar-refractivity contribution < 1.29 is 28.3 Å². The molecule has 5 rings (SSSR count). The van der Waals surface area contributed by atoms with Crippen LogP contribution < -0.4 is 0 Å². The molecule has 2 atom stereocenters.